The summed E-state index contributed by atoms with van der Waals surface area (Å²) in [5.41, 5.74) is 13.5. The van der Waals surface area contributed by atoms with E-state index in [1.807, 2.05) is 24.3 Å². The zero-order valence-electron chi connectivity index (χ0n) is 8.59. The van der Waals surface area contributed by atoms with Crippen LogP contribution in [0.3, 0.4) is 0 Å². The summed E-state index contributed by atoms with van der Waals surface area (Å²) in [4.78, 5) is 0. The fourth-order valence-electron chi connectivity index (χ4n) is 1.22. The van der Waals surface area contributed by atoms with E-state index in [9.17, 15) is 0 Å². The van der Waals surface area contributed by atoms with Crippen molar-refractivity contribution in [3.8, 4) is 0 Å². The molecule has 0 radical (unpaired) electrons. The molecule has 0 aliphatic heterocycles. The second-order valence-electron chi connectivity index (χ2n) is 3.28. The molecule has 2 rings (SSSR count). The quantitative estimate of drug-likeness (QED) is 0.528. The Balaban J connectivity index is 2.05. The van der Waals surface area contributed by atoms with Crippen LogP contribution in [-0.4, -0.2) is 34.1 Å². The average molecular weight is 439 g/mol. The van der Waals surface area contributed by atoms with Gasteiger partial charge in [0, 0.05) is 0 Å². The molecule has 4 heteroatoms. The summed E-state index contributed by atoms with van der Waals surface area (Å²) in [5, 5.41) is 0. The maximum atomic E-state index is 5.94. The monoisotopic (exact) mass is 444 g/mol. The van der Waals surface area contributed by atoms with Crippen LogP contribution in [0.2, 0.25) is 0 Å². The Morgan fingerprint density at radius 3 is 2.38 bits per heavy atom. The molecule has 0 spiro atoms. The first-order valence-electron chi connectivity index (χ1n) is 4.80. The van der Waals surface area contributed by atoms with Gasteiger partial charge in [-0.25, -0.2) is 0 Å². The molecule has 0 atom stereocenters. The van der Waals surface area contributed by atoms with Crippen molar-refractivity contribution in [3.05, 3.63) is 48.5 Å². The van der Waals surface area contributed by atoms with Gasteiger partial charge in [-0.3, -0.25) is 0 Å². The minimum atomic E-state index is -0.123. The Kier molecular flexibility index (Phi) is 4.38. The molecule has 82 valence electrons. The summed E-state index contributed by atoms with van der Waals surface area (Å²) >= 11 is -0.223. The van der Waals surface area contributed by atoms with E-state index in [1.54, 1.807) is 0 Å². The Morgan fingerprint density at radius 2 is 1.62 bits per heavy atom. The molecule has 4 N–H and O–H groups in total. The van der Waals surface area contributed by atoms with E-state index in [1.165, 1.54) is 7.22 Å². The molecular weight excluding hydrogens is 427 g/mol. The van der Waals surface area contributed by atoms with Crippen LogP contribution in [0.15, 0.2) is 48.5 Å². The molecule has 0 saturated carbocycles. The molecule has 0 amide bonds. The Morgan fingerprint density at radius 1 is 0.812 bits per heavy atom. The Hall–Kier alpha value is -0.381. The normalized spacial score (nSPS) is 10.2. The molecule has 2 nitrogen and oxygen atoms in total. The molecule has 2 aromatic carbocycles. The molecule has 0 aliphatic rings. The van der Waals surface area contributed by atoms with Crippen molar-refractivity contribution in [2.75, 3.05) is 11.5 Å². The summed E-state index contributed by atoms with van der Waals surface area (Å²) < 4.78 is 2.83. The van der Waals surface area contributed by atoms with Crippen molar-refractivity contribution in [1.29, 1.82) is 0 Å². The number of nitrogens with two attached hydrogens (primary N) is 2. The molecule has 0 aromatic heterocycles. The van der Waals surface area contributed by atoms with Gasteiger partial charge in [0.1, 0.15) is 0 Å². The Labute approximate surface area is 112 Å². The van der Waals surface area contributed by atoms with Crippen LogP contribution in [0, 0.1) is 0 Å². The third kappa shape index (κ3) is 3.30. The van der Waals surface area contributed by atoms with Gasteiger partial charge in [-0.15, -0.1) is 0 Å². The van der Waals surface area contributed by atoms with Gasteiger partial charge in [0.25, 0.3) is 0 Å². The van der Waals surface area contributed by atoms with E-state index >= 15 is 0 Å². The van der Waals surface area contributed by atoms with Crippen molar-refractivity contribution >= 4 is 52.7 Å². The first-order valence-corrected chi connectivity index (χ1v) is 14.5. The van der Waals surface area contributed by atoms with Gasteiger partial charge in [0.2, 0.25) is 0 Å². The van der Waals surface area contributed by atoms with Crippen LogP contribution in [0.1, 0.15) is 0 Å². The zero-order chi connectivity index (χ0) is 11.4. The molecule has 0 saturated heterocycles. The van der Waals surface area contributed by atoms with E-state index in [0.29, 0.717) is 0 Å². The van der Waals surface area contributed by atoms with Crippen LogP contribution >= 0.6 is 0 Å². The maximum absolute atomic E-state index is 5.94. The fraction of sp³-hybridized carbons (Fsp3) is 0. The average Bonchev–Trinajstić information content (AvgIpc) is 2.28. The molecule has 0 aliphatic carbocycles. The van der Waals surface area contributed by atoms with Crippen LogP contribution in [0.25, 0.3) is 0 Å². The van der Waals surface area contributed by atoms with Gasteiger partial charge in [0.05, 0.1) is 0 Å². The summed E-state index contributed by atoms with van der Waals surface area (Å²) in [6.45, 7) is 0. The van der Waals surface area contributed by atoms with Gasteiger partial charge < -0.3 is 0 Å². The Bertz CT molecular complexity index is 486. The predicted octanol–water partition coefficient (Wildman–Crippen LogP) is 0.125. The molecule has 0 unspecified atom stereocenters. The molecule has 2 aromatic rings. The number of hydrogen-bond donors (Lipinski definition) is 2. The van der Waals surface area contributed by atoms with Crippen molar-refractivity contribution in [2.45, 2.75) is 0 Å². The van der Waals surface area contributed by atoms with Gasteiger partial charge in [-0.05, 0) is 0 Å². The number of rotatable bonds is 3. The van der Waals surface area contributed by atoms with E-state index in [-0.39, 0.29) is 34.1 Å². The van der Waals surface area contributed by atoms with Crippen molar-refractivity contribution in [3.63, 3.8) is 0 Å². The zero-order valence-corrected chi connectivity index (χ0v) is 13.3. The van der Waals surface area contributed by atoms with Gasteiger partial charge in [-0.2, -0.15) is 0 Å². The van der Waals surface area contributed by atoms with E-state index in [0.717, 1.165) is 11.4 Å². The first-order chi connectivity index (χ1) is 7.75. The minimum absolute atomic E-state index is 0.100. The number of anilines is 2. The number of benzene rings is 2. The van der Waals surface area contributed by atoms with Crippen LogP contribution in [-0.2, 0) is 0 Å². The van der Waals surface area contributed by atoms with Crippen molar-refractivity contribution in [1.82, 2.24) is 0 Å². The molecule has 0 bridgehead atoms. The fourth-order valence-corrected chi connectivity index (χ4v) is 12.0. The van der Waals surface area contributed by atoms with Crippen molar-refractivity contribution < 1.29 is 0 Å². The second kappa shape index (κ2) is 5.80. The number of para-hydroxylation sites is 1. The van der Waals surface area contributed by atoms with E-state index < -0.39 is 0 Å². The van der Waals surface area contributed by atoms with Crippen LogP contribution in [0.4, 0.5) is 11.4 Å². The molecule has 0 heterocycles. The third-order valence-electron chi connectivity index (χ3n) is 2.00. The van der Waals surface area contributed by atoms with Crippen LogP contribution in [0.5, 0.6) is 0 Å². The van der Waals surface area contributed by atoms with Gasteiger partial charge in [0.15, 0.2) is 0 Å². The first kappa shape index (κ1) is 12.1. The molecule has 16 heavy (non-hydrogen) atoms. The summed E-state index contributed by atoms with van der Waals surface area (Å²) in [6, 6.07) is 16.5. The number of hydrogen-bond acceptors (Lipinski definition) is 2. The second-order valence-corrected chi connectivity index (χ2v) is 13.2. The SMILES string of the molecule is Nc1cccc([Te][Te]c2ccccc2N)c1. The van der Waals surface area contributed by atoms with E-state index in [2.05, 4.69) is 24.3 Å². The van der Waals surface area contributed by atoms with Gasteiger partial charge in [-0.1, -0.05) is 0 Å². The van der Waals surface area contributed by atoms with E-state index in [4.69, 9.17) is 11.5 Å². The topological polar surface area (TPSA) is 52.0 Å². The van der Waals surface area contributed by atoms with Crippen LogP contribution < -0.4 is 18.7 Å². The van der Waals surface area contributed by atoms with Gasteiger partial charge >= 0.3 is 113 Å². The standard InChI is InChI=1S/C12H12N2Te2/c13-9-4-3-5-10(8-9)15-16-12-7-2-1-6-11(12)14/h1-8H,13-14H2. The predicted molar refractivity (Wildman–Crippen MR) is 72.5 cm³/mol. The summed E-state index contributed by atoms with van der Waals surface area (Å²) in [7, 11) is 0. The summed E-state index contributed by atoms with van der Waals surface area (Å²) in [6.07, 6.45) is 0. The van der Waals surface area contributed by atoms with Crippen molar-refractivity contribution in [2.24, 2.45) is 0 Å². The third-order valence-corrected chi connectivity index (χ3v) is 13.8. The molecule has 0 fully saturated rings. The number of nitrogen functional groups attached to an aromatic ring is 2. The molecular formula is C12H12N2Te2. The summed E-state index contributed by atoms with van der Waals surface area (Å²) in [5.74, 6) is 0.